The Hall–Kier alpha value is -3.46. The summed E-state index contributed by atoms with van der Waals surface area (Å²) in [6, 6.07) is 11.2. The summed E-state index contributed by atoms with van der Waals surface area (Å²) >= 11 is 0. The van der Waals surface area contributed by atoms with E-state index in [0.29, 0.717) is 35.8 Å². The van der Waals surface area contributed by atoms with Crippen LogP contribution in [-0.2, 0) is 14.3 Å². The first-order valence-electron chi connectivity index (χ1n) is 12.2. The van der Waals surface area contributed by atoms with E-state index in [-0.39, 0.29) is 36.7 Å². The molecule has 0 bridgehead atoms. The van der Waals surface area contributed by atoms with Crippen LogP contribution in [0.2, 0.25) is 0 Å². The second kappa shape index (κ2) is 12.2. The fraction of sp³-hybridized carbons (Fsp3) is 0.464. The molecule has 0 fully saturated rings. The molecule has 0 saturated carbocycles. The minimum atomic E-state index is -0.510. The Morgan fingerprint density at radius 1 is 1.08 bits per heavy atom. The molecule has 200 valence electrons. The van der Waals surface area contributed by atoms with Gasteiger partial charge in [0, 0.05) is 32.1 Å². The minimum Gasteiger partial charge on any atom is -0.493 e. The molecular weight excluding hydrogens is 477 g/mol. The van der Waals surface area contributed by atoms with Gasteiger partial charge in [0.2, 0.25) is 5.91 Å². The van der Waals surface area contributed by atoms with Crippen LogP contribution in [-0.4, -0.2) is 68.5 Å². The van der Waals surface area contributed by atoms with Gasteiger partial charge >= 0.3 is 0 Å². The molecule has 9 heteroatoms. The number of carbonyl (C=O) groups is 2. The van der Waals surface area contributed by atoms with Crippen LogP contribution in [0, 0.1) is 11.2 Å². The van der Waals surface area contributed by atoms with E-state index in [1.165, 1.54) is 23.1 Å². The van der Waals surface area contributed by atoms with Gasteiger partial charge in [0.05, 0.1) is 32.6 Å². The molecule has 2 aromatic rings. The van der Waals surface area contributed by atoms with E-state index >= 15 is 0 Å². The molecule has 37 heavy (non-hydrogen) atoms. The lowest BCUT2D eigenvalue weighted by Crippen LogP contribution is -2.43. The molecule has 0 unspecified atom stereocenters. The Morgan fingerprint density at radius 2 is 1.78 bits per heavy atom. The van der Waals surface area contributed by atoms with Crippen molar-refractivity contribution in [1.82, 2.24) is 9.91 Å². The molecule has 0 saturated heterocycles. The summed E-state index contributed by atoms with van der Waals surface area (Å²) in [5, 5.41) is 5.92. The summed E-state index contributed by atoms with van der Waals surface area (Å²) in [4.78, 5) is 28.2. The van der Waals surface area contributed by atoms with Gasteiger partial charge in [0.1, 0.15) is 12.4 Å². The summed E-state index contributed by atoms with van der Waals surface area (Å²) in [5.74, 6) is 0.135. The zero-order chi connectivity index (χ0) is 27.2. The first-order chi connectivity index (χ1) is 17.6. The van der Waals surface area contributed by atoms with Gasteiger partial charge in [0.25, 0.3) is 5.91 Å². The Kier molecular flexibility index (Phi) is 9.26. The highest BCUT2D eigenvalue weighted by Gasteiger charge is 2.36. The van der Waals surface area contributed by atoms with Gasteiger partial charge in [-0.2, -0.15) is 5.10 Å². The van der Waals surface area contributed by atoms with Gasteiger partial charge in [0.15, 0.2) is 11.5 Å². The highest BCUT2D eigenvalue weighted by molar-refractivity contribution is 6.03. The van der Waals surface area contributed by atoms with Crippen molar-refractivity contribution in [3.05, 3.63) is 59.4 Å². The van der Waals surface area contributed by atoms with Gasteiger partial charge < -0.3 is 19.1 Å². The van der Waals surface area contributed by atoms with E-state index in [1.54, 1.807) is 44.6 Å². The summed E-state index contributed by atoms with van der Waals surface area (Å²) in [6.45, 7) is 6.32. The molecule has 0 aliphatic carbocycles. The summed E-state index contributed by atoms with van der Waals surface area (Å²) in [7, 11) is 4.63. The number of nitrogens with zero attached hydrogens (tertiary/aromatic N) is 3. The topological polar surface area (TPSA) is 80.7 Å². The fourth-order valence-electron chi connectivity index (χ4n) is 4.21. The molecule has 1 aliphatic heterocycles. The van der Waals surface area contributed by atoms with Crippen molar-refractivity contribution in [2.24, 2.45) is 10.5 Å². The molecule has 8 nitrogen and oxygen atoms in total. The number of hydrogen-bond donors (Lipinski definition) is 0. The maximum Gasteiger partial charge on any atom is 0.262 e. The van der Waals surface area contributed by atoms with Crippen molar-refractivity contribution in [2.45, 2.75) is 39.7 Å². The van der Waals surface area contributed by atoms with Crippen molar-refractivity contribution in [3.8, 4) is 11.5 Å². The number of benzene rings is 2. The normalized spacial score (nSPS) is 15.4. The van der Waals surface area contributed by atoms with Gasteiger partial charge in [-0.15, -0.1) is 0 Å². The molecule has 0 aromatic heterocycles. The maximum absolute atomic E-state index is 14.6. The quantitative estimate of drug-likeness (QED) is 0.470. The monoisotopic (exact) mass is 513 g/mol. The predicted octanol–water partition coefficient (Wildman–Crippen LogP) is 4.43. The number of hydrazone groups is 1. The molecular formula is C28H36FN3O5. The smallest absolute Gasteiger partial charge is 0.262 e. The molecule has 1 heterocycles. The van der Waals surface area contributed by atoms with E-state index in [0.717, 1.165) is 5.56 Å². The Morgan fingerprint density at radius 3 is 2.41 bits per heavy atom. The van der Waals surface area contributed by atoms with Crippen molar-refractivity contribution >= 4 is 17.5 Å². The van der Waals surface area contributed by atoms with Gasteiger partial charge in [-0.25, -0.2) is 9.40 Å². The van der Waals surface area contributed by atoms with Crippen molar-refractivity contribution in [1.29, 1.82) is 0 Å². The lowest BCUT2D eigenvalue weighted by atomic mass is 9.91. The minimum absolute atomic E-state index is 0.141. The fourth-order valence-corrected chi connectivity index (χ4v) is 4.21. The van der Waals surface area contributed by atoms with Crippen LogP contribution in [0.4, 0.5) is 4.39 Å². The summed E-state index contributed by atoms with van der Waals surface area (Å²) in [6.07, 6.45) is 0.586. The number of ether oxygens (including phenoxy) is 3. The van der Waals surface area contributed by atoms with Crippen LogP contribution in [0.1, 0.15) is 50.8 Å². The van der Waals surface area contributed by atoms with E-state index in [2.05, 4.69) is 5.10 Å². The van der Waals surface area contributed by atoms with Crippen LogP contribution in [0.5, 0.6) is 11.5 Å². The van der Waals surface area contributed by atoms with E-state index in [1.807, 2.05) is 26.8 Å². The maximum atomic E-state index is 14.6. The van der Waals surface area contributed by atoms with Crippen LogP contribution in [0.25, 0.3) is 0 Å². The number of amides is 2. The third-order valence-corrected chi connectivity index (χ3v) is 6.07. The Balaban J connectivity index is 1.96. The molecule has 2 aromatic carbocycles. The highest BCUT2D eigenvalue weighted by atomic mass is 19.1. The van der Waals surface area contributed by atoms with Crippen LogP contribution in [0.3, 0.4) is 0 Å². The van der Waals surface area contributed by atoms with Crippen LogP contribution < -0.4 is 9.47 Å². The number of carbonyl (C=O) groups excluding carboxylic acids is 2. The molecule has 1 aliphatic rings. The zero-order valence-corrected chi connectivity index (χ0v) is 22.4. The number of halogens is 1. The average molecular weight is 514 g/mol. The van der Waals surface area contributed by atoms with E-state index < -0.39 is 11.9 Å². The molecule has 0 N–H and O–H groups in total. The van der Waals surface area contributed by atoms with Crippen LogP contribution in [0.15, 0.2) is 47.6 Å². The van der Waals surface area contributed by atoms with Gasteiger partial charge in [-0.05, 0) is 29.2 Å². The lowest BCUT2D eigenvalue weighted by Gasteiger charge is -2.29. The highest BCUT2D eigenvalue weighted by Crippen LogP contribution is 2.37. The van der Waals surface area contributed by atoms with Crippen molar-refractivity contribution in [2.75, 3.05) is 41.0 Å². The molecule has 3 rings (SSSR count). The van der Waals surface area contributed by atoms with E-state index in [9.17, 15) is 14.0 Å². The second-order valence-corrected chi connectivity index (χ2v) is 10.1. The predicted molar refractivity (Wildman–Crippen MR) is 139 cm³/mol. The first-order valence-corrected chi connectivity index (χ1v) is 12.2. The first kappa shape index (κ1) is 28.1. The zero-order valence-electron chi connectivity index (χ0n) is 22.4. The molecule has 0 spiro atoms. The standard InChI is InChI=1S/C28H36FN3O5/c1-28(2,3)17-26(33)31(13-14-35-4)18-27(34)32-23(19-11-12-24(36-5)25(15-19)37-6)16-22(30-32)20-9-7-8-10-21(20)29/h7-12,15,23H,13-14,16-18H2,1-6H3/t23-/m1/s1. The third-order valence-electron chi connectivity index (χ3n) is 6.07. The number of methoxy groups -OCH3 is 3. The lowest BCUT2D eigenvalue weighted by molar-refractivity contribution is -0.143. The van der Waals surface area contributed by atoms with Crippen LogP contribution >= 0.6 is 0 Å². The molecule has 0 radical (unpaired) electrons. The molecule has 1 atom stereocenters. The third kappa shape index (κ3) is 7.07. The average Bonchev–Trinajstić information content (AvgIpc) is 3.30. The summed E-state index contributed by atoms with van der Waals surface area (Å²) in [5.41, 5.74) is 1.31. The van der Waals surface area contributed by atoms with E-state index in [4.69, 9.17) is 14.2 Å². The number of rotatable bonds is 10. The van der Waals surface area contributed by atoms with Crippen molar-refractivity contribution in [3.63, 3.8) is 0 Å². The summed E-state index contributed by atoms with van der Waals surface area (Å²) < 4.78 is 30.6. The Labute approximate surface area is 218 Å². The second-order valence-electron chi connectivity index (χ2n) is 10.1. The Bertz CT molecular complexity index is 1140. The van der Waals surface area contributed by atoms with Gasteiger partial charge in [-0.3, -0.25) is 9.59 Å². The number of hydrogen-bond acceptors (Lipinski definition) is 6. The molecule has 2 amide bonds. The largest absolute Gasteiger partial charge is 0.493 e. The van der Waals surface area contributed by atoms with Crippen molar-refractivity contribution < 1.29 is 28.2 Å². The SMILES string of the molecule is COCCN(CC(=O)N1N=C(c2ccccc2F)C[C@@H]1c1ccc(OC)c(OC)c1)C(=O)CC(C)(C)C. The van der Waals surface area contributed by atoms with Gasteiger partial charge in [-0.1, -0.05) is 45.0 Å².